The molecule has 0 heterocycles. The van der Waals surface area contributed by atoms with E-state index >= 15 is 0 Å². The molecule has 0 saturated heterocycles. The van der Waals surface area contributed by atoms with Gasteiger partial charge in [0.1, 0.15) is 6.04 Å². The molecule has 2 aliphatic rings. The Bertz CT molecular complexity index is 371. The molecule has 2 fully saturated rings. The Morgan fingerprint density at radius 2 is 1.80 bits per heavy atom. The molecule has 5 nitrogen and oxygen atoms in total. The molecule has 3 N–H and O–H groups in total. The number of nitrogens with one attached hydrogen (secondary N) is 2. The van der Waals surface area contributed by atoms with Gasteiger partial charge in [-0.05, 0) is 39.5 Å². The molecule has 2 atom stereocenters. The van der Waals surface area contributed by atoms with E-state index in [0.29, 0.717) is 0 Å². The molecule has 0 aromatic heterocycles. The van der Waals surface area contributed by atoms with Crippen molar-refractivity contribution in [2.75, 3.05) is 0 Å². The molecule has 2 unspecified atom stereocenters. The van der Waals surface area contributed by atoms with Gasteiger partial charge in [0.2, 0.25) is 11.8 Å². The maximum atomic E-state index is 12.4. The minimum absolute atomic E-state index is 0.0364. The van der Waals surface area contributed by atoms with Gasteiger partial charge in [0.05, 0.1) is 6.10 Å². The average Bonchev–Trinajstić information content (AvgIpc) is 3.19. The van der Waals surface area contributed by atoms with Gasteiger partial charge in [0.25, 0.3) is 0 Å². The van der Waals surface area contributed by atoms with Crippen LogP contribution in [0.15, 0.2) is 0 Å². The van der Waals surface area contributed by atoms with Crippen LogP contribution < -0.4 is 10.6 Å². The highest BCUT2D eigenvalue weighted by molar-refractivity contribution is 5.90. The molecule has 0 bridgehead atoms. The number of hydrogen-bond donors (Lipinski definition) is 3. The number of hydrogen-bond acceptors (Lipinski definition) is 3. The minimum Gasteiger partial charge on any atom is -0.391 e. The summed E-state index contributed by atoms with van der Waals surface area (Å²) in [4.78, 5) is 24.1. The number of aliphatic hydroxyl groups excluding tert-OH is 1. The van der Waals surface area contributed by atoms with Crippen molar-refractivity contribution < 1.29 is 14.7 Å². The molecule has 2 rings (SSSR count). The van der Waals surface area contributed by atoms with E-state index in [1.807, 2.05) is 6.92 Å². The summed E-state index contributed by atoms with van der Waals surface area (Å²) >= 11 is 0. The van der Waals surface area contributed by atoms with Crippen molar-refractivity contribution in [2.24, 2.45) is 5.92 Å². The Hall–Kier alpha value is -1.10. The molecule has 20 heavy (non-hydrogen) atoms. The molecule has 114 valence electrons. The second kappa shape index (κ2) is 6.12. The summed E-state index contributed by atoms with van der Waals surface area (Å²) in [6, 6.07) is -0.846. The fourth-order valence-corrected chi connectivity index (χ4v) is 2.85. The lowest BCUT2D eigenvalue weighted by Gasteiger charge is -2.36. The Balaban J connectivity index is 1.93. The summed E-state index contributed by atoms with van der Waals surface area (Å²) in [6.07, 6.45) is 6.25. The van der Waals surface area contributed by atoms with Crippen LogP contribution in [-0.2, 0) is 9.59 Å². The van der Waals surface area contributed by atoms with Gasteiger partial charge in [-0.25, -0.2) is 0 Å². The molecule has 5 heteroatoms. The van der Waals surface area contributed by atoms with E-state index in [1.54, 1.807) is 6.92 Å². The first-order chi connectivity index (χ1) is 9.41. The summed E-state index contributed by atoms with van der Waals surface area (Å²) < 4.78 is 0. The highest BCUT2D eigenvalue weighted by Crippen LogP contribution is 2.29. The Morgan fingerprint density at radius 3 is 2.30 bits per heavy atom. The lowest BCUT2D eigenvalue weighted by atomic mass is 9.83. The van der Waals surface area contributed by atoms with Crippen LogP contribution in [0, 0.1) is 5.92 Å². The number of carbonyl (C=O) groups excluding carboxylic acids is 2. The number of aliphatic hydroxyl groups is 1. The maximum absolute atomic E-state index is 12.4. The second-order valence-corrected chi connectivity index (χ2v) is 6.61. The zero-order valence-electron chi connectivity index (χ0n) is 12.4. The van der Waals surface area contributed by atoms with E-state index in [9.17, 15) is 14.7 Å². The quantitative estimate of drug-likeness (QED) is 0.706. The molecular weight excluding hydrogens is 256 g/mol. The van der Waals surface area contributed by atoms with Crippen molar-refractivity contribution >= 4 is 11.8 Å². The maximum Gasteiger partial charge on any atom is 0.245 e. The van der Waals surface area contributed by atoms with Crippen LogP contribution in [0.5, 0.6) is 0 Å². The molecule has 0 radical (unpaired) electrons. The van der Waals surface area contributed by atoms with E-state index in [4.69, 9.17) is 0 Å². The van der Waals surface area contributed by atoms with Gasteiger partial charge in [-0.2, -0.15) is 0 Å². The Morgan fingerprint density at radius 1 is 1.20 bits per heavy atom. The first-order valence-electron chi connectivity index (χ1n) is 7.72. The largest absolute Gasteiger partial charge is 0.391 e. The summed E-state index contributed by atoms with van der Waals surface area (Å²) in [5.41, 5.74) is -0.202. The topological polar surface area (TPSA) is 78.4 Å². The third kappa shape index (κ3) is 3.95. The standard InChI is InChI=1S/C15H26N2O3/c1-10(18)12(16-13(19)11-6-7-11)14(20)17-15(2)8-4-3-5-9-15/h10-12,18H,3-9H2,1-2H3,(H,16,19)(H,17,20). The fraction of sp³-hybridized carbons (Fsp3) is 0.867. The lowest BCUT2D eigenvalue weighted by Crippen LogP contribution is -2.58. The van der Waals surface area contributed by atoms with Gasteiger partial charge in [0.15, 0.2) is 0 Å². The lowest BCUT2D eigenvalue weighted by molar-refractivity contribution is -0.133. The Kier molecular flexibility index (Phi) is 4.68. The molecule has 2 amide bonds. The van der Waals surface area contributed by atoms with Gasteiger partial charge < -0.3 is 15.7 Å². The molecule has 0 aromatic rings. The average molecular weight is 282 g/mol. The van der Waals surface area contributed by atoms with Crippen LogP contribution in [0.25, 0.3) is 0 Å². The van der Waals surface area contributed by atoms with Crippen LogP contribution in [0.2, 0.25) is 0 Å². The zero-order valence-corrected chi connectivity index (χ0v) is 12.4. The van der Waals surface area contributed by atoms with E-state index in [2.05, 4.69) is 10.6 Å². The summed E-state index contributed by atoms with van der Waals surface area (Å²) in [5, 5.41) is 15.5. The predicted molar refractivity (Wildman–Crippen MR) is 76.0 cm³/mol. The van der Waals surface area contributed by atoms with E-state index in [-0.39, 0.29) is 23.3 Å². The van der Waals surface area contributed by atoms with Crippen molar-refractivity contribution in [1.82, 2.24) is 10.6 Å². The fourth-order valence-electron chi connectivity index (χ4n) is 2.85. The summed E-state index contributed by atoms with van der Waals surface area (Å²) in [5.74, 6) is -0.340. The van der Waals surface area contributed by atoms with E-state index in [1.165, 1.54) is 6.42 Å². The normalized spacial score (nSPS) is 24.6. The highest BCUT2D eigenvalue weighted by Gasteiger charge is 2.36. The zero-order chi connectivity index (χ0) is 14.8. The van der Waals surface area contributed by atoms with Crippen LogP contribution >= 0.6 is 0 Å². The molecule has 0 aromatic carbocycles. The summed E-state index contributed by atoms with van der Waals surface area (Å²) in [7, 11) is 0. The number of amides is 2. The molecule has 0 spiro atoms. The van der Waals surface area contributed by atoms with Crippen LogP contribution in [0.4, 0.5) is 0 Å². The van der Waals surface area contributed by atoms with E-state index < -0.39 is 12.1 Å². The molecule has 2 aliphatic carbocycles. The number of rotatable bonds is 5. The smallest absolute Gasteiger partial charge is 0.245 e. The van der Waals surface area contributed by atoms with Gasteiger partial charge in [-0.1, -0.05) is 19.3 Å². The molecule has 0 aliphatic heterocycles. The van der Waals surface area contributed by atoms with Crippen molar-refractivity contribution in [2.45, 2.75) is 76.5 Å². The van der Waals surface area contributed by atoms with Crippen molar-refractivity contribution in [1.29, 1.82) is 0 Å². The van der Waals surface area contributed by atoms with Crippen LogP contribution in [0.3, 0.4) is 0 Å². The van der Waals surface area contributed by atoms with Crippen LogP contribution in [-0.4, -0.2) is 34.6 Å². The summed E-state index contributed by atoms with van der Waals surface area (Å²) in [6.45, 7) is 3.59. The highest BCUT2D eigenvalue weighted by atomic mass is 16.3. The van der Waals surface area contributed by atoms with Gasteiger partial charge in [-0.3, -0.25) is 9.59 Å². The third-order valence-corrected chi connectivity index (χ3v) is 4.39. The van der Waals surface area contributed by atoms with Crippen molar-refractivity contribution in [3.63, 3.8) is 0 Å². The SMILES string of the molecule is CC(O)C(NC(=O)C1CC1)C(=O)NC1(C)CCCCC1. The van der Waals surface area contributed by atoms with Crippen molar-refractivity contribution in [3.05, 3.63) is 0 Å². The Labute approximate surface area is 120 Å². The monoisotopic (exact) mass is 282 g/mol. The van der Waals surface area contributed by atoms with Gasteiger partial charge >= 0.3 is 0 Å². The van der Waals surface area contributed by atoms with Gasteiger partial charge in [0, 0.05) is 11.5 Å². The first kappa shape index (κ1) is 15.3. The van der Waals surface area contributed by atoms with Gasteiger partial charge in [-0.15, -0.1) is 0 Å². The third-order valence-electron chi connectivity index (χ3n) is 4.39. The predicted octanol–water partition coefficient (Wildman–Crippen LogP) is 1.10. The first-order valence-corrected chi connectivity index (χ1v) is 7.72. The number of carbonyl (C=O) groups is 2. The van der Waals surface area contributed by atoms with Crippen LogP contribution in [0.1, 0.15) is 58.8 Å². The molecule has 2 saturated carbocycles. The van der Waals surface area contributed by atoms with E-state index in [0.717, 1.165) is 38.5 Å². The molecular formula is C15H26N2O3. The second-order valence-electron chi connectivity index (χ2n) is 6.61. The van der Waals surface area contributed by atoms with Crippen molar-refractivity contribution in [3.8, 4) is 0 Å². The minimum atomic E-state index is -0.884.